The van der Waals surface area contributed by atoms with Crippen molar-refractivity contribution >= 4 is 22.9 Å². The van der Waals surface area contributed by atoms with Crippen LogP contribution >= 0.6 is 11.8 Å². The molecule has 1 heterocycles. The van der Waals surface area contributed by atoms with E-state index in [4.69, 9.17) is 4.42 Å². The first-order valence-corrected chi connectivity index (χ1v) is 6.60. The van der Waals surface area contributed by atoms with Gasteiger partial charge in [0, 0.05) is 4.90 Å². The molecule has 2 nitrogen and oxygen atoms in total. The third-order valence-corrected chi connectivity index (χ3v) is 3.43. The Morgan fingerprint density at radius 3 is 2.59 bits per heavy atom. The number of oxazole rings is 1. The lowest BCUT2D eigenvalue weighted by atomic mass is 10.2. The molecule has 1 aromatic heterocycles. The molecule has 84 valence electrons. The van der Waals surface area contributed by atoms with Gasteiger partial charge >= 0.3 is 0 Å². The molecule has 0 N–H and O–H groups in total. The second kappa shape index (κ2) is 4.26. The lowest BCUT2D eigenvalue weighted by molar-refractivity contribution is 0.618. The first-order valence-electron chi connectivity index (χ1n) is 5.37. The summed E-state index contributed by atoms with van der Waals surface area (Å²) >= 11 is 1.70. The summed E-state index contributed by atoms with van der Waals surface area (Å²) < 4.78 is 5.77. The predicted octanol–water partition coefficient (Wildman–Crippen LogP) is 4.22. The van der Waals surface area contributed by atoms with Gasteiger partial charge in [0.25, 0.3) is 0 Å². The largest absolute Gasteiger partial charge is 0.436 e. The van der Waals surface area contributed by atoms with E-state index in [-0.39, 0.29) is 0 Å². The van der Waals surface area contributed by atoms with Crippen LogP contribution in [0.2, 0.25) is 0 Å². The van der Waals surface area contributed by atoms with Crippen LogP contribution in [0.25, 0.3) is 22.6 Å². The molecule has 0 aliphatic heterocycles. The number of fused-ring (bicyclic) bond motifs is 1. The highest BCUT2D eigenvalue weighted by Gasteiger charge is 2.10. The molecule has 2 aromatic carbocycles. The summed E-state index contributed by atoms with van der Waals surface area (Å²) in [5, 5.41) is 0. The van der Waals surface area contributed by atoms with Crippen molar-refractivity contribution in [1.29, 1.82) is 0 Å². The van der Waals surface area contributed by atoms with Crippen LogP contribution in [-0.2, 0) is 0 Å². The topological polar surface area (TPSA) is 26.0 Å². The second-order valence-corrected chi connectivity index (χ2v) is 4.54. The van der Waals surface area contributed by atoms with E-state index in [1.54, 1.807) is 11.8 Å². The summed E-state index contributed by atoms with van der Waals surface area (Å²) in [6.45, 7) is 0. The number of nitrogens with zero attached hydrogens (tertiary/aromatic N) is 1. The lowest BCUT2D eigenvalue weighted by Gasteiger charge is -2.01. The Balaban J connectivity index is 2.20. The highest BCUT2D eigenvalue weighted by molar-refractivity contribution is 7.98. The first-order chi connectivity index (χ1) is 8.38. The molecule has 3 rings (SSSR count). The molecule has 0 radical (unpaired) electrons. The summed E-state index contributed by atoms with van der Waals surface area (Å²) in [7, 11) is 0. The van der Waals surface area contributed by atoms with Crippen LogP contribution in [0.3, 0.4) is 0 Å². The van der Waals surface area contributed by atoms with Gasteiger partial charge in [-0.15, -0.1) is 11.8 Å². The molecule has 0 amide bonds. The van der Waals surface area contributed by atoms with Crippen LogP contribution in [0.15, 0.2) is 57.8 Å². The zero-order chi connectivity index (χ0) is 11.7. The fraction of sp³-hybridized carbons (Fsp3) is 0.0714. The Morgan fingerprint density at radius 2 is 1.76 bits per heavy atom. The summed E-state index contributed by atoms with van der Waals surface area (Å²) in [5.41, 5.74) is 2.79. The zero-order valence-electron chi connectivity index (χ0n) is 9.38. The van der Waals surface area contributed by atoms with Crippen molar-refractivity contribution in [3.63, 3.8) is 0 Å². The molecule has 0 aliphatic carbocycles. The van der Waals surface area contributed by atoms with Crippen LogP contribution in [0.4, 0.5) is 0 Å². The van der Waals surface area contributed by atoms with Gasteiger partial charge in [-0.1, -0.05) is 24.3 Å². The molecule has 0 aliphatic rings. The molecule has 3 aromatic rings. The Labute approximate surface area is 104 Å². The van der Waals surface area contributed by atoms with E-state index in [2.05, 4.69) is 17.3 Å². The fourth-order valence-corrected chi connectivity index (χ4v) is 2.40. The van der Waals surface area contributed by atoms with E-state index in [1.165, 1.54) is 4.90 Å². The average molecular weight is 241 g/mol. The first kappa shape index (κ1) is 10.4. The molecule has 0 bridgehead atoms. The molecule has 0 saturated carbocycles. The van der Waals surface area contributed by atoms with E-state index in [1.807, 2.05) is 42.5 Å². The highest BCUT2D eigenvalue weighted by atomic mass is 32.2. The lowest BCUT2D eigenvalue weighted by Crippen LogP contribution is -1.80. The van der Waals surface area contributed by atoms with Gasteiger partial charge in [0.1, 0.15) is 5.52 Å². The smallest absolute Gasteiger partial charge is 0.228 e. The van der Waals surface area contributed by atoms with Gasteiger partial charge < -0.3 is 4.42 Å². The van der Waals surface area contributed by atoms with Crippen LogP contribution < -0.4 is 0 Å². The Kier molecular flexibility index (Phi) is 2.61. The average Bonchev–Trinajstić information content (AvgIpc) is 2.82. The SMILES string of the molecule is CSc1ccccc1-c1nc2ccccc2o1. The van der Waals surface area contributed by atoms with Crippen LogP contribution in [0.1, 0.15) is 0 Å². The van der Waals surface area contributed by atoms with E-state index in [0.29, 0.717) is 5.89 Å². The molecule has 17 heavy (non-hydrogen) atoms. The van der Waals surface area contributed by atoms with Crippen molar-refractivity contribution in [1.82, 2.24) is 4.98 Å². The van der Waals surface area contributed by atoms with Gasteiger partial charge in [-0.05, 0) is 30.5 Å². The third kappa shape index (κ3) is 1.83. The van der Waals surface area contributed by atoms with E-state index < -0.39 is 0 Å². The summed E-state index contributed by atoms with van der Waals surface area (Å²) in [6, 6.07) is 16.0. The highest BCUT2D eigenvalue weighted by Crippen LogP contribution is 2.31. The predicted molar refractivity (Wildman–Crippen MR) is 71.2 cm³/mol. The number of hydrogen-bond acceptors (Lipinski definition) is 3. The van der Waals surface area contributed by atoms with Crippen molar-refractivity contribution in [3.8, 4) is 11.5 Å². The molecule has 0 atom stereocenters. The Bertz CT molecular complexity index is 627. The third-order valence-electron chi connectivity index (χ3n) is 2.63. The minimum Gasteiger partial charge on any atom is -0.436 e. The summed E-state index contributed by atoms with van der Waals surface area (Å²) in [6.07, 6.45) is 2.06. The number of thioether (sulfide) groups is 1. The van der Waals surface area contributed by atoms with Crippen LogP contribution in [0.5, 0.6) is 0 Å². The summed E-state index contributed by atoms with van der Waals surface area (Å²) in [4.78, 5) is 5.69. The van der Waals surface area contributed by atoms with E-state index in [0.717, 1.165) is 16.7 Å². The molecule has 0 unspecified atom stereocenters. The normalized spacial score (nSPS) is 10.9. The molecular weight excluding hydrogens is 230 g/mol. The van der Waals surface area contributed by atoms with Crippen molar-refractivity contribution in [3.05, 3.63) is 48.5 Å². The van der Waals surface area contributed by atoms with Crippen molar-refractivity contribution in [2.24, 2.45) is 0 Å². The van der Waals surface area contributed by atoms with Crippen molar-refractivity contribution in [2.45, 2.75) is 4.90 Å². The number of benzene rings is 2. The van der Waals surface area contributed by atoms with Gasteiger partial charge in [0.15, 0.2) is 5.58 Å². The van der Waals surface area contributed by atoms with Gasteiger partial charge in [-0.2, -0.15) is 0 Å². The fourth-order valence-electron chi connectivity index (χ4n) is 1.81. The molecule has 0 spiro atoms. The summed E-state index contributed by atoms with van der Waals surface area (Å²) in [5.74, 6) is 0.691. The van der Waals surface area contributed by atoms with Crippen molar-refractivity contribution in [2.75, 3.05) is 6.26 Å². The van der Waals surface area contributed by atoms with Gasteiger partial charge in [-0.25, -0.2) is 4.98 Å². The number of rotatable bonds is 2. The monoisotopic (exact) mass is 241 g/mol. The van der Waals surface area contributed by atoms with E-state index >= 15 is 0 Å². The maximum atomic E-state index is 5.77. The van der Waals surface area contributed by atoms with Gasteiger partial charge in [0.2, 0.25) is 5.89 Å². The minimum atomic E-state index is 0.691. The quantitative estimate of drug-likeness (QED) is 0.628. The number of aromatic nitrogens is 1. The minimum absolute atomic E-state index is 0.691. The Hall–Kier alpha value is -1.74. The van der Waals surface area contributed by atoms with Gasteiger partial charge in [0.05, 0.1) is 5.56 Å². The molecule has 0 saturated heterocycles. The maximum Gasteiger partial charge on any atom is 0.228 e. The van der Waals surface area contributed by atoms with Crippen LogP contribution in [-0.4, -0.2) is 11.2 Å². The molecular formula is C14H11NOS. The van der Waals surface area contributed by atoms with E-state index in [9.17, 15) is 0 Å². The standard InChI is InChI=1S/C14H11NOS/c1-17-13-9-5-2-6-10(13)14-15-11-7-3-4-8-12(11)16-14/h2-9H,1H3. The zero-order valence-corrected chi connectivity index (χ0v) is 10.2. The van der Waals surface area contributed by atoms with Gasteiger partial charge in [-0.3, -0.25) is 0 Å². The maximum absolute atomic E-state index is 5.77. The Morgan fingerprint density at radius 1 is 1.00 bits per heavy atom. The van der Waals surface area contributed by atoms with Crippen LogP contribution in [0, 0.1) is 0 Å². The molecule has 3 heteroatoms. The second-order valence-electron chi connectivity index (χ2n) is 3.69. The number of hydrogen-bond donors (Lipinski definition) is 0. The number of para-hydroxylation sites is 2. The van der Waals surface area contributed by atoms with Crippen molar-refractivity contribution < 1.29 is 4.42 Å². The molecule has 0 fully saturated rings.